The summed E-state index contributed by atoms with van der Waals surface area (Å²) >= 11 is 0. The van der Waals surface area contributed by atoms with Crippen molar-refractivity contribution in [1.29, 1.82) is 0 Å². The summed E-state index contributed by atoms with van der Waals surface area (Å²) in [6, 6.07) is 4.75. The number of hydrogen-bond donors (Lipinski definition) is 0. The Morgan fingerprint density at radius 1 is 1.33 bits per heavy atom. The molecule has 0 spiro atoms. The maximum absolute atomic E-state index is 11.2. The largest absolute Gasteiger partial charge is 0.465 e. The van der Waals surface area contributed by atoms with Crippen LogP contribution in [0.15, 0.2) is 23.4 Å². The van der Waals surface area contributed by atoms with Crippen molar-refractivity contribution in [2.24, 2.45) is 5.18 Å². The molecule has 0 fully saturated rings. The highest BCUT2D eigenvalue weighted by Crippen LogP contribution is 2.21. The van der Waals surface area contributed by atoms with Crippen molar-refractivity contribution in [1.82, 2.24) is 0 Å². The van der Waals surface area contributed by atoms with Gasteiger partial charge >= 0.3 is 12.2 Å². The molecule has 6 nitrogen and oxygen atoms in total. The molecule has 0 amide bonds. The molecule has 0 aliphatic heterocycles. The molecule has 1 unspecified atom stereocenters. The molecule has 1 aromatic rings. The lowest BCUT2D eigenvalue weighted by Crippen LogP contribution is -2.26. The lowest BCUT2D eigenvalue weighted by atomic mass is 10.1. The standard InChI is InChI=1S/C12H13NO5/c1-7-4-5-9(8(2)14)6-10(7)18-11(13-16)12(15)17-3/h4-6,11H,1-3H3. The van der Waals surface area contributed by atoms with Crippen molar-refractivity contribution in [3.05, 3.63) is 34.2 Å². The zero-order valence-corrected chi connectivity index (χ0v) is 10.3. The number of Topliss-reactive ketones (excluding diaryl/α,β-unsaturated/α-hetero) is 1. The minimum Gasteiger partial charge on any atom is -0.465 e. The number of rotatable bonds is 5. The van der Waals surface area contributed by atoms with Crippen molar-refractivity contribution >= 4 is 11.8 Å². The maximum atomic E-state index is 11.2. The first-order valence-corrected chi connectivity index (χ1v) is 5.18. The normalized spacial score (nSPS) is 11.5. The first kappa shape index (κ1) is 13.8. The van der Waals surface area contributed by atoms with E-state index in [1.165, 1.54) is 13.0 Å². The topological polar surface area (TPSA) is 82.0 Å². The smallest absolute Gasteiger partial charge is 0.374 e. The molecule has 0 aliphatic rings. The number of hydrogen-bond acceptors (Lipinski definition) is 6. The first-order chi connectivity index (χ1) is 8.49. The van der Waals surface area contributed by atoms with Crippen molar-refractivity contribution in [3.63, 3.8) is 0 Å². The Morgan fingerprint density at radius 3 is 2.50 bits per heavy atom. The van der Waals surface area contributed by atoms with Crippen LogP contribution in [0.2, 0.25) is 0 Å². The van der Waals surface area contributed by atoms with Crippen LogP contribution in [0, 0.1) is 11.8 Å². The zero-order chi connectivity index (χ0) is 13.7. The summed E-state index contributed by atoms with van der Waals surface area (Å²) in [5.74, 6) is -0.788. The highest BCUT2D eigenvalue weighted by molar-refractivity contribution is 5.94. The second-order valence-corrected chi connectivity index (χ2v) is 3.64. The van der Waals surface area contributed by atoms with E-state index in [-0.39, 0.29) is 11.5 Å². The molecule has 0 aliphatic carbocycles. The summed E-state index contributed by atoms with van der Waals surface area (Å²) in [7, 11) is 1.13. The molecule has 0 saturated carbocycles. The van der Waals surface area contributed by atoms with E-state index in [9.17, 15) is 14.5 Å². The van der Waals surface area contributed by atoms with Crippen molar-refractivity contribution in [3.8, 4) is 5.75 Å². The Labute approximate surface area is 104 Å². The van der Waals surface area contributed by atoms with Gasteiger partial charge in [-0.3, -0.25) is 4.79 Å². The number of aryl methyl sites for hydroxylation is 1. The van der Waals surface area contributed by atoms with Crippen LogP contribution in [0.1, 0.15) is 22.8 Å². The van der Waals surface area contributed by atoms with E-state index in [0.29, 0.717) is 11.1 Å². The molecule has 0 radical (unpaired) electrons. The molecule has 0 heterocycles. The molecule has 18 heavy (non-hydrogen) atoms. The molecule has 1 aromatic carbocycles. The minimum absolute atomic E-state index is 0.145. The Hall–Kier alpha value is -2.24. The van der Waals surface area contributed by atoms with Crippen molar-refractivity contribution in [2.75, 3.05) is 7.11 Å². The molecule has 1 atom stereocenters. The second-order valence-electron chi connectivity index (χ2n) is 3.64. The lowest BCUT2D eigenvalue weighted by Gasteiger charge is -2.12. The fourth-order valence-corrected chi connectivity index (χ4v) is 1.28. The number of ether oxygens (including phenoxy) is 2. The highest BCUT2D eigenvalue weighted by Gasteiger charge is 2.22. The van der Waals surface area contributed by atoms with Gasteiger partial charge in [0.05, 0.1) is 7.11 Å². The number of carbonyl (C=O) groups excluding carboxylic acids is 2. The van der Waals surface area contributed by atoms with Gasteiger partial charge < -0.3 is 9.47 Å². The second kappa shape index (κ2) is 5.90. The van der Waals surface area contributed by atoms with Gasteiger partial charge in [-0.05, 0) is 30.7 Å². The van der Waals surface area contributed by atoms with E-state index in [0.717, 1.165) is 7.11 Å². The summed E-state index contributed by atoms with van der Waals surface area (Å²) in [5, 5.41) is 2.54. The summed E-state index contributed by atoms with van der Waals surface area (Å²) in [4.78, 5) is 32.9. The van der Waals surface area contributed by atoms with E-state index in [1.54, 1.807) is 19.1 Å². The monoisotopic (exact) mass is 251 g/mol. The number of nitroso groups, excluding NO2 is 1. The van der Waals surface area contributed by atoms with E-state index < -0.39 is 12.2 Å². The van der Waals surface area contributed by atoms with Crippen molar-refractivity contribution < 1.29 is 19.1 Å². The van der Waals surface area contributed by atoms with Crippen LogP contribution in [0.3, 0.4) is 0 Å². The number of nitrogens with zero attached hydrogens (tertiary/aromatic N) is 1. The van der Waals surface area contributed by atoms with E-state index >= 15 is 0 Å². The molecule has 0 N–H and O–H groups in total. The molecule has 96 valence electrons. The Morgan fingerprint density at radius 2 is 2.00 bits per heavy atom. The van der Waals surface area contributed by atoms with Gasteiger partial charge in [-0.15, -0.1) is 4.91 Å². The number of methoxy groups -OCH3 is 1. The predicted molar refractivity (Wildman–Crippen MR) is 63.4 cm³/mol. The predicted octanol–water partition coefficient (Wildman–Crippen LogP) is 1.84. The fourth-order valence-electron chi connectivity index (χ4n) is 1.28. The van der Waals surface area contributed by atoms with Gasteiger partial charge in [0.2, 0.25) is 0 Å². The van der Waals surface area contributed by atoms with Gasteiger partial charge in [0.15, 0.2) is 5.78 Å². The van der Waals surface area contributed by atoms with Crippen molar-refractivity contribution in [2.45, 2.75) is 20.1 Å². The number of ketones is 1. The molecular weight excluding hydrogens is 238 g/mol. The summed E-state index contributed by atoms with van der Waals surface area (Å²) < 4.78 is 9.50. The minimum atomic E-state index is -1.57. The fraction of sp³-hybridized carbons (Fsp3) is 0.333. The SMILES string of the molecule is COC(=O)C(N=O)Oc1cc(C(C)=O)ccc1C. The van der Waals surface area contributed by atoms with Crippen LogP contribution < -0.4 is 4.74 Å². The molecule has 1 rings (SSSR count). The van der Waals surface area contributed by atoms with Crippen LogP contribution in [-0.4, -0.2) is 25.1 Å². The van der Waals surface area contributed by atoms with Crippen LogP contribution in [0.4, 0.5) is 0 Å². The lowest BCUT2D eigenvalue weighted by molar-refractivity contribution is -0.148. The Balaban J connectivity index is 3.01. The van der Waals surface area contributed by atoms with Crippen LogP contribution in [-0.2, 0) is 9.53 Å². The quantitative estimate of drug-likeness (QED) is 0.453. The van der Waals surface area contributed by atoms with Crippen LogP contribution in [0.5, 0.6) is 5.75 Å². The summed E-state index contributed by atoms with van der Waals surface area (Å²) in [5.41, 5.74) is 1.10. The third-order valence-electron chi connectivity index (χ3n) is 2.33. The molecule has 0 saturated heterocycles. The molecule has 0 bridgehead atoms. The van der Waals surface area contributed by atoms with E-state index in [1.807, 2.05) is 0 Å². The van der Waals surface area contributed by atoms with E-state index in [4.69, 9.17) is 4.74 Å². The maximum Gasteiger partial charge on any atom is 0.374 e. The van der Waals surface area contributed by atoms with Gasteiger partial charge in [-0.2, -0.15) is 0 Å². The summed E-state index contributed by atoms with van der Waals surface area (Å²) in [6.07, 6.45) is -1.57. The number of carbonyl (C=O) groups is 2. The third-order valence-corrected chi connectivity index (χ3v) is 2.33. The number of esters is 1. The summed E-state index contributed by atoms with van der Waals surface area (Å²) in [6.45, 7) is 3.13. The average Bonchev–Trinajstić information content (AvgIpc) is 2.36. The van der Waals surface area contributed by atoms with Gasteiger partial charge in [-0.1, -0.05) is 12.1 Å². The molecule has 0 aromatic heterocycles. The first-order valence-electron chi connectivity index (χ1n) is 5.18. The van der Waals surface area contributed by atoms with Gasteiger partial charge in [0.1, 0.15) is 5.75 Å². The van der Waals surface area contributed by atoms with Crippen LogP contribution in [0.25, 0.3) is 0 Å². The van der Waals surface area contributed by atoms with Gasteiger partial charge in [0.25, 0.3) is 0 Å². The van der Waals surface area contributed by atoms with Gasteiger partial charge in [0, 0.05) is 5.56 Å². The molecule has 6 heteroatoms. The third kappa shape index (κ3) is 3.13. The zero-order valence-electron chi connectivity index (χ0n) is 10.3. The van der Waals surface area contributed by atoms with E-state index in [2.05, 4.69) is 9.91 Å². The van der Waals surface area contributed by atoms with Gasteiger partial charge in [-0.25, -0.2) is 4.79 Å². The highest BCUT2D eigenvalue weighted by atomic mass is 16.6. The Kier molecular flexibility index (Phi) is 4.53. The molecular formula is C12H13NO5. The average molecular weight is 251 g/mol. The van der Waals surface area contributed by atoms with Crippen LogP contribution >= 0.6 is 0 Å². The number of benzene rings is 1. The Bertz CT molecular complexity index is 483.